The number of alkyl carbamates (subject to hydrolysis) is 1. The van der Waals surface area contributed by atoms with Gasteiger partial charge in [-0.15, -0.1) is 0 Å². The van der Waals surface area contributed by atoms with Gasteiger partial charge in [0.25, 0.3) is 0 Å². The van der Waals surface area contributed by atoms with Gasteiger partial charge in [0, 0.05) is 21.5 Å². The van der Waals surface area contributed by atoms with E-state index >= 15 is 0 Å². The normalized spacial score (nSPS) is 11.7. The highest BCUT2D eigenvalue weighted by Crippen LogP contribution is 2.29. The molecule has 0 saturated carbocycles. The molecule has 144 valence electrons. The fourth-order valence-electron chi connectivity index (χ4n) is 2.83. The first-order valence-corrected chi connectivity index (χ1v) is 9.86. The van der Waals surface area contributed by atoms with Crippen LogP contribution in [0.1, 0.15) is 22.7 Å². The molecule has 0 bridgehead atoms. The van der Waals surface area contributed by atoms with Gasteiger partial charge in [-0.2, -0.15) is 0 Å². The standard InChI is InChI=1S/C22H18BrClFNO2/c23-18-10-5-4-9-16(18)21(13-17-19(24)11-6-12-20(17)25)26-22(27)28-14-15-7-2-1-3-8-15/h1-12,21H,13-14H2,(H,26,27). The smallest absolute Gasteiger partial charge is 0.407 e. The first-order chi connectivity index (χ1) is 13.5. The number of amides is 1. The zero-order valence-corrected chi connectivity index (χ0v) is 17.2. The van der Waals surface area contributed by atoms with Gasteiger partial charge in [0.15, 0.2) is 0 Å². The molecule has 1 atom stereocenters. The lowest BCUT2D eigenvalue weighted by molar-refractivity contribution is 0.135. The van der Waals surface area contributed by atoms with Gasteiger partial charge < -0.3 is 10.1 Å². The van der Waals surface area contributed by atoms with E-state index < -0.39 is 18.0 Å². The summed E-state index contributed by atoms with van der Waals surface area (Å²) >= 11 is 9.68. The van der Waals surface area contributed by atoms with Crippen LogP contribution >= 0.6 is 27.5 Å². The minimum atomic E-state index is -0.586. The van der Waals surface area contributed by atoms with Crippen LogP contribution in [0.4, 0.5) is 9.18 Å². The van der Waals surface area contributed by atoms with Gasteiger partial charge in [-0.05, 0) is 29.3 Å². The van der Waals surface area contributed by atoms with E-state index in [1.165, 1.54) is 6.07 Å². The maximum Gasteiger partial charge on any atom is 0.407 e. The Morgan fingerprint density at radius 3 is 2.46 bits per heavy atom. The van der Waals surface area contributed by atoms with Crippen molar-refractivity contribution in [2.45, 2.75) is 19.1 Å². The minimum absolute atomic E-state index is 0.149. The monoisotopic (exact) mass is 461 g/mol. The number of hydrogen-bond acceptors (Lipinski definition) is 2. The van der Waals surface area contributed by atoms with Gasteiger partial charge in [-0.25, -0.2) is 9.18 Å². The average molecular weight is 463 g/mol. The molecule has 3 nitrogen and oxygen atoms in total. The lowest BCUT2D eigenvalue weighted by Crippen LogP contribution is -2.31. The van der Waals surface area contributed by atoms with Crippen LogP contribution in [0.15, 0.2) is 77.3 Å². The van der Waals surface area contributed by atoms with Gasteiger partial charge in [0.05, 0.1) is 6.04 Å². The Hall–Kier alpha value is -2.37. The summed E-state index contributed by atoms with van der Waals surface area (Å²) in [4.78, 5) is 12.4. The van der Waals surface area contributed by atoms with Crippen LogP contribution in [-0.2, 0) is 17.8 Å². The van der Waals surface area contributed by atoms with Gasteiger partial charge >= 0.3 is 6.09 Å². The Kier molecular flexibility index (Phi) is 7.06. The van der Waals surface area contributed by atoms with Crippen LogP contribution in [0.5, 0.6) is 0 Å². The fraction of sp³-hybridized carbons (Fsp3) is 0.136. The van der Waals surface area contributed by atoms with E-state index in [-0.39, 0.29) is 13.0 Å². The second kappa shape index (κ2) is 9.71. The fourth-order valence-corrected chi connectivity index (χ4v) is 3.64. The van der Waals surface area contributed by atoms with E-state index in [0.29, 0.717) is 10.6 Å². The molecular formula is C22H18BrClFNO2. The van der Waals surface area contributed by atoms with Crippen molar-refractivity contribution in [3.63, 3.8) is 0 Å². The second-order valence-corrected chi connectivity index (χ2v) is 7.45. The minimum Gasteiger partial charge on any atom is -0.445 e. The van der Waals surface area contributed by atoms with Crippen LogP contribution in [0, 0.1) is 5.82 Å². The topological polar surface area (TPSA) is 38.3 Å². The first-order valence-electron chi connectivity index (χ1n) is 8.69. The van der Waals surface area contributed by atoms with Crippen molar-refractivity contribution in [2.75, 3.05) is 0 Å². The Labute approximate surface area is 176 Å². The van der Waals surface area contributed by atoms with Crippen molar-refractivity contribution in [1.29, 1.82) is 0 Å². The van der Waals surface area contributed by atoms with E-state index in [4.69, 9.17) is 16.3 Å². The number of rotatable bonds is 6. The third-order valence-corrected chi connectivity index (χ3v) is 5.33. The van der Waals surface area contributed by atoms with E-state index in [1.807, 2.05) is 54.6 Å². The summed E-state index contributed by atoms with van der Waals surface area (Å²) < 4.78 is 20.4. The van der Waals surface area contributed by atoms with Gasteiger partial charge in [0.1, 0.15) is 12.4 Å². The van der Waals surface area contributed by atoms with E-state index in [9.17, 15) is 9.18 Å². The zero-order valence-electron chi connectivity index (χ0n) is 14.9. The maximum absolute atomic E-state index is 14.3. The first kappa shape index (κ1) is 20.4. The lowest BCUT2D eigenvalue weighted by Gasteiger charge is -2.21. The molecule has 0 aliphatic heterocycles. The molecule has 6 heteroatoms. The van der Waals surface area contributed by atoms with Crippen molar-refractivity contribution < 1.29 is 13.9 Å². The van der Waals surface area contributed by atoms with Crippen molar-refractivity contribution in [3.8, 4) is 0 Å². The molecule has 1 N–H and O–H groups in total. The molecule has 0 aliphatic carbocycles. The van der Waals surface area contributed by atoms with Gasteiger partial charge in [0.2, 0.25) is 0 Å². The quantitative estimate of drug-likeness (QED) is 0.457. The Bertz CT molecular complexity index is 932. The molecule has 28 heavy (non-hydrogen) atoms. The lowest BCUT2D eigenvalue weighted by atomic mass is 9.98. The number of hydrogen-bond donors (Lipinski definition) is 1. The van der Waals surface area contributed by atoms with E-state index in [0.717, 1.165) is 15.6 Å². The number of ether oxygens (including phenoxy) is 1. The van der Waals surface area contributed by atoms with Crippen molar-refractivity contribution in [3.05, 3.63) is 105 Å². The number of carbonyl (C=O) groups excluding carboxylic acids is 1. The maximum atomic E-state index is 14.3. The number of halogens is 3. The largest absolute Gasteiger partial charge is 0.445 e. The summed E-state index contributed by atoms with van der Waals surface area (Å²) in [7, 11) is 0. The van der Waals surface area contributed by atoms with E-state index in [2.05, 4.69) is 21.2 Å². The Morgan fingerprint density at radius 2 is 1.75 bits per heavy atom. The third kappa shape index (κ3) is 5.33. The summed E-state index contributed by atoms with van der Waals surface area (Å²) in [5, 5.41) is 3.15. The number of benzene rings is 3. The highest BCUT2D eigenvalue weighted by Gasteiger charge is 2.21. The summed E-state index contributed by atoms with van der Waals surface area (Å²) in [5.41, 5.74) is 2.03. The molecule has 0 spiro atoms. The Balaban J connectivity index is 1.78. The van der Waals surface area contributed by atoms with Crippen molar-refractivity contribution >= 4 is 33.6 Å². The zero-order chi connectivity index (χ0) is 19.9. The molecule has 3 aromatic rings. The molecule has 1 amide bonds. The molecule has 0 fully saturated rings. The van der Waals surface area contributed by atoms with E-state index in [1.54, 1.807) is 12.1 Å². The molecule has 0 aromatic heterocycles. The third-order valence-electron chi connectivity index (χ3n) is 4.26. The summed E-state index contributed by atoms with van der Waals surface area (Å²) in [6, 6.07) is 20.9. The predicted molar refractivity (Wildman–Crippen MR) is 112 cm³/mol. The molecule has 0 saturated heterocycles. The summed E-state index contributed by atoms with van der Waals surface area (Å²) in [6.07, 6.45) is -0.397. The molecule has 0 radical (unpaired) electrons. The molecule has 3 aromatic carbocycles. The highest BCUT2D eigenvalue weighted by atomic mass is 79.9. The average Bonchev–Trinajstić information content (AvgIpc) is 2.70. The molecule has 1 unspecified atom stereocenters. The molecular weight excluding hydrogens is 445 g/mol. The van der Waals surface area contributed by atoms with Gasteiger partial charge in [-0.3, -0.25) is 0 Å². The van der Waals surface area contributed by atoms with Gasteiger partial charge in [-0.1, -0.05) is 82.1 Å². The van der Waals surface area contributed by atoms with Crippen LogP contribution in [0.2, 0.25) is 5.02 Å². The SMILES string of the molecule is O=C(NC(Cc1c(F)cccc1Cl)c1ccccc1Br)OCc1ccccc1. The molecule has 0 aliphatic rings. The molecule has 3 rings (SSSR count). The number of nitrogens with one attached hydrogen (secondary N) is 1. The second-order valence-electron chi connectivity index (χ2n) is 6.18. The van der Waals surface area contributed by atoms with Crippen LogP contribution in [0.25, 0.3) is 0 Å². The molecule has 0 heterocycles. The predicted octanol–water partition coefficient (Wildman–Crippen LogP) is 6.45. The summed E-state index contributed by atoms with van der Waals surface area (Å²) in [5.74, 6) is -0.413. The van der Waals surface area contributed by atoms with Crippen LogP contribution < -0.4 is 5.32 Å². The van der Waals surface area contributed by atoms with Crippen LogP contribution in [0.3, 0.4) is 0 Å². The van der Waals surface area contributed by atoms with Crippen molar-refractivity contribution in [1.82, 2.24) is 5.32 Å². The number of carbonyl (C=O) groups is 1. The van der Waals surface area contributed by atoms with Crippen molar-refractivity contribution in [2.24, 2.45) is 0 Å². The van der Waals surface area contributed by atoms with Crippen LogP contribution in [-0.4, -0.2) is 6.09 Å². The summed E-state index contributed by atoms with van der Waals surface area (Å²) in [6.45, 7) is 0.149. The Morgan fingerprint density at radius 1 is 1.04 bits per heavy atom. The highest BCUT2D eigenvalue weighted by molar-refractivity contribution is 9.10.